The number of benzene rings is 3. The molecule has 74 heavy (non-hydrogen) atoms. The lowest BCUT2D eigenvalue weighted by atomic mass is 9.97. The van der Waals surface area contributed by atoms with Gasteiger partial charge >= 0.3 is 0 Å². The Morgan fingerprint density at radius 3 is 2.01 bits per heavy atom. The summed E-state index contributed by atoms with van der Waals surface area (Å²) in [7, 11) is -3.78. The van der Waals surface area contributed by atoms with Crippen molar-refractivity contribution in [3.8, 4) is 0 Å². The number of H-pyrrole nitrogens is 1. The molecule has 0 aliphatic carbocycles. The van der Waals surface area contributed by atoms with E-state index in [0.29, 0.717) is 31.2 Å². The predicted octanol–water partition coefficient (Wildman–Crippen LogP) is 0.339. The minimum absolute atomic E-state index is 0.0265. The fraction of sp³-hybridized carbons (Fsp3) is 0.471. The van der Waals surface area contributed by atoms with Crippen molar-refractivity contribution >= 4 is 84.7 Å². The molecule has 0 unspecified atom stereocenters. The smallest absolute Gasteiger partial charge is 0.243 e. The molecular weight excluding hydrogens is 973 g/mol. The minimum Gasteiger partial charge on any atom is -0.370 e. The highest BCUT2D eigenvalue weighted by Crippen LogP contribution is 2.22. The Morgan fingerprint density at radius 1 is 0.730 bits per heavy atom. The third-order valence-corrected chi connectivity index (χ3v) is 13.5. The first-order valence-corrected chi connectivity index (χ1v) is 27.0. The summed E-state index contributed by atoms with van der Waals surface area (Å²) in [4.78, 5) is 115. The lowest BCUT2D eigenvalue weighted by Gasteiger charge is -2.28. The van der Waals surface area contributed by atoms with Crippen molar-refractivity contribution in [2.24, 2.45) is 5.73 Å². The molecule has 0 saturated carbocycles. The standard InChI is InChI=1S/C51H70N12O10S/c1-4-5-19-38(58-31(2)64)46(67)63-43-29-44(65)54-23-10-11-24-55-45(66)41(28-34-30-57-37-20-9-8-18-36(34)37)61-47(68)39(21-13-25-56-51(52)53)59-49(70)42(27-33-16-12-15-32-14-6-7-17-35(32)33)62-48(69)40(60-50(43)71)22-26-74(3,72)73/h6-9,12,14-18,20,30,38-43,57H,4-5,10-11,13,19,21-29H2,1-3H3,(H,54,65)(H,55,66)(H,58,64)(H,59,70)(H,60,71)(H,61,68)(H,62,69)(H,63,67)(H4,52,53,56)/t38-,39-,40-,41-,42+,43-/m0/s1. The van der Waals surface area contributed by atoms with Crippen molar-refractivity contribution < 1.29 is 46.8 Å². The Balaban J connectivity index is 1.56. The van der Waals surface area contributed by atoms with Crippen LogP contribution >= 0.6 is 0 Å². The van der Waals surface area contributed by atoms with E-state index in [0.717, 1.165) is 33.5 Å². The number of hydrogen-bond donors (Lipinski definition) is 12. The molecule has 3 aromatic carbocycles. The van der Waals surface area contributed by atoms with E-state index in [1.807, 2.05) is 55.5 Å². The Bertz CT molecular complexity index is 2760. The van der Waals surface area contributed by atoms with Gasteiger partial charge < -0.3 is 58.6 Å². The van der Waals surface area contributed by atoms with E-state index >= 15 is 0 Å². The number of carbonyl (C=O) groups excluding carboxylic acids is 8. The van der Waals surface area contributed by atoms with Crippen LogP contribution < -0.4 is 53.6 Å². The molecule has 5 rings (SSSR count). The number of fused-ring (bicyclic) bond motifs is 2. The van der Waals surface area contributed by atoms with Crippen LogP contribution in [-0.2, 0) is 61.0 Å². The molecule has 2 heterocycles. The van der Waals surface area contributed by atoms with Gasteiger partial charge in [-0.2, -0.15) is 0 Å². The van der Waals surface area contributed by atoms with Crippen molar-refractivity contribution in [3.63, 3.8) is 0 Å². The highest BCUT2D eigenvalue weighted by atomic mass is 32.2. The molecule has 4 aromatic rings. The molecule has 1 fully saturated rings. The maximum atomic E-state index is 14.8. The number of aromatic amines is 1. The van der Waals surface area contributed by atoms with E-state index in [-0.39, 0.29) is 57.7 Å². The summed E-state index contributed by atoms with van der Waals surface area (Å²) < 4.78 is 25.2. The van der Waals surface area contributed by atoms with Gasteiger partial charge in [-0.25, -0.2) is 8.42 Å². The summed E-state index contributed by atoms with van der Waals surface area (Å²) in [6.45, 7) is 3.49. The van der Waals surface area contributed by atoms with Gasteiger partial charge in [0, 0.05) is 62.8 Å². The zero-order valence-corrected chi connectivity index (χ0v) is 42.9. The van der Waals surface area contributed by atoms with Crippen molar-refractivity contribution in [2.75, 3.05) is 31.6 Å². The van der Waals surface area contributed by atoms with Crippen molar-refractivity contribution in [2.45, 2.75) is 121 Å². The van der Waals surface area contributed by atoms with Crippen LogP contribution in [0.15, 0.2) is 72.9 Å². The van der Waals surface area contributed by atoms with Crippen LogP contribution in [0.4, 0.5) is 0 Å². The number of guanidine groups is 1. The van der Waals surface area contributed by atoms with Gasteiger partial charge in [-0.1, -0.05) is 80.4 Å². The number of hydrogen-bond acceptors (Lipinski definition) is 11. The molecule has 6 atom stereocenters. The van der Waals surface area contributed by atoms with Crippen molar-refractivity contribution in [3.05, 3.63) is 84.1 Å². The third kappa shape index (κ3) is 18.2. The monoisotopic (exact) mass is 1040 g/mol. The van der Waals surface area contributed by atoms with E-state index in [4.69, 9.17) is 11.1 Å². The number of para-hydroxylation sites is 1. The number of amides is 8. The van der Waals surface area contributed by atoms with E-state index in [9.17, 15) is 46.8 Å². The summed E-state index contributed by atoms with van der Waals surface area (Å²) in [5.41, 5.74) is 7.68. The summed E-state index contributed by atoms with van der Waals surface area (Å²) >= 11 is 0. The number of nitrogens with one attached hydrogen (secondary N) is 11. The normalized spacial score (nSPS) is 20.5. The summed E-state index contributed by atoms with van der Waals surface area (Å²) in [6, 6.07) is 11.8. The van der Waals surface area contributed by atoms with Crippen LogP contribution in [0.25, 0.3) is 21.7 Å². The van der Waals surface area contributed by atoms with Crippen molar-refractivity contribution in [1.82, 2.24) is 52.8 Å². The first kappa shape index (κ1) is 57.3. The first-order valence-electron chi connectivity index (χ1n) is 24.9. The van der Waals surface area contributed by atoms with E-state index in [2.05, 4.69) is 52.8 Å². The summed E-state index contributed by atoms with van der Waals surface area (Å²) in [5, 5.41) is 34.3. The number of rotatable bonds is 17. The number of sulfone groups is 1. The SMILES string of the molecule is CCCC[C@H](NC(C)=O)C(=O)N[C@H]1CC(=O)NCCCCNC(=O)[C@H](Cc2c[nH]c3ccccc23)NC(=O)[C@H](CCCNC(=N)N)NC(=O)[C@@H](Cc2cccc3ccccc23)NC(=O)[C@H](CCS(C)(=O)=O)NC1=O. The van der Waals surface area contributed by atoms with Crippen LogP contribution in [-0.4, -0.2) is 135 Å². The molecule has 8 amide bonds. The molecule has 1 aromatic heterocycles. The largest absolute Gasteiger partial charge is 0.370 e. The predicted molar refractivity (Wildman–Crippen MR) is 280 cm³/mol. The molecule has 1 aliphatic heterocycles. The fourth-order valence-electron chi connectivity index (χ4n) is 8.59. The quantitative estimate of drug-likeness (QED) is 0.0387. The Hall–Kier alpha value is -7.56. The molecule has 22 nitrogen and oxygen atoms in total. The van der Waals surface area contributed by atoms with E-state index in [1.165, 1.54) is 6.92 Å². The van der Waals surface area contributed by atoms with Crippen molar-refractivity contribution in [1.29, 1.82) is 5.41 Å². The zero-order chi connectivity index (χ0) is 53.8. The molecule has 400 valence electrons. The van der Waals surface area contributed by atoms with Crippen LogP contribution in [0, 0.1) is 5.41 Å². The minimum atomic E-state index is -3.78. The maximum Gasteiger partial charge on any atom is 0.243 e. The van der Waals surface area contributed by atoms with Crippen LogP contribution in [0.5, 0.6) is 0 Å². The van der Waals surface area contributed by atoms with Crippen LogP contribution in [0.2, 0.25) is 0 Å². The van der Waals surface area contributed by atoms with Gasteiger partial charge in [-0.15, -0.1) is 0 Å². The number of carbonyl (C=O) groups is 8. The topological polar surface area (TPSA) is 345 Å². The van der Waals surface area contributed by atoms with E-state index < -0.39 is 112 Å². The first-order chi connectivity index (χ1) is 35.3. The summed E-state index contributed by atoms with van der Waals surface area (Å²) in [5.74, 6) is -7.01. The van der Waals surface area contributed by atoms with Gasteiger partial charge in [0.25, 0.3) is 0 Å². The van der Waals surface area contributed by atoms with Gasteiger partial charge in [0.1, 0.15) is 46.1 Å². The second kappa shape index (κ2) is 28.0. The maximum absolute atomic E-state index is 14.8. The average molecular weight is 1040 g/mol. The Labute approximate surface area is 430 Å². The van der Waals surface area contributed by atoms with Gasteiger partial charge in [0.2, 0.25) is 47.3 Å². The lowest BCUT2D eigenvalue weighted by Crippen LogP contribution is -2.60. The molecule has 0 radical (unpaired) electrons. The van der Waals surface area contributed by atoms with Crippen LogP contribution in [0.1, 0.15) is 82.8 Å². The second-order valence-electron chi connectivity index (χ2n) is 18.6. The molecule has 1 saturated heterocycles. The van der Waals surface area contributed by atoms with E-state index in [1.54, 1.807) is 24.4 Å². The third-order valence-electron chi connectivity index (χ3n) is 12.5. The molecule has 0 bridgehead atoms. The van der Waals surface area contributed by atoms with Crippen LogP contribution in [0.3, 0.4) is 0 Å². The summed E-state index contributed by atoms with van der Waals surface area (Å²) in [6.07, 6.45) is 3.76. The second-order valence-corrected chi connectivity index (χ2v) is 20.8. The van der Waals surface area contributed by atoms with Gasteiger partial charge in [0.15, 0.2) is 5.96 Å². The molecule has 13 N–H and O–H groups in total. The Morgan fingerprint density at radius 2 is 1.32 bits per heavy atom. The number of nitrogens with two attached hydrogens (primary N) is 1. The Kier molecular flexibility index (Phi) is 21.7. The zero-order valence-electron chi connectivity index (χ0n) is 42.1. The molecule has 0 spiro atoms. The van der Waals surface area contributed by atoms with Gasteiger partial charge in [-0.3, -0.25) is 43.8 Å². The number of unbranched alkanes of at least 4 members (excludes halogenated alkanes) is 1. The molecule has 23 heteroatoms. The van der Waals surface area contributed by atoms with Gasteiger partial charge in [0.05, 0.1) is 12.2 Å². The number of aromatic nitrogens is 1. The lowest BCUT2D eigenvalue weighted by molar-refractivity contribution is -0.136. The molecular formula is C51H70N12O10S. The highest BCUT2D eigenvalue weighted by Gasteiger charge is 2.35. The van der Waals surface area contributed by atoms with Gasteiger partial charge in [-0.05, 0) is 66.5 Å². The highest BCUT2D eigenvalue weighted by molar-refractivity contribution is 7.90. The molecule has 1 aliphatic rings. The fourth-order valence-corrected chi connectivity index (χ4v) is 9.26. The average Bonchev–Trinajstić information content (AvgIpc) is 3.76.